The van der Waals surface area contributed by atoms with Gasteiger partial charge in [0.2, 0.25) is 5.91 Å². The maximum absolute atomic E-state index is 11.4. The van der Waals surface area contributed by atoms with E-state index in [9.17, 15) is 13.2 Å². The lowest BCUT2D eigenvalue weighted by atomic mass is 10.2. The molecule has 1 saturated heterocycles. The number of hydrogen-bond acceptors (Lipinski definition) is 4. The van der Waals surface area contributed by atoms with Crippen LogP contribution in [0.15, 0.2) is 24.3 Å². The molecule has 1 aromatic rings. The molecule has 0 unspecified atom stereocenters. The van der Waals surface area contributed by atoms with Crippen LogP contribution in [0.3, 0.4) is 0 Å². The number of hydrogen-bond donors (Lipinski definition) is 1. The summed E-state index contributed by atoms with van der Waals surface area (Å²) in [6.45, 7) is 3.45. The highest BCUT2D eigenvalue weighted by molar-refractivity contribution is 7.91. The van der Waals surface area contributed by atoms with Crippen LogP contribution >= 0.6 is 0 Å². The number of carbonyl (C=O) groups excluding carboxylic acids is 1. The van der Waals surface area contributed by atoms with E-state index in [-0.39, 0.29) is 17.4 Å². The lowest BCUT2D eigenvalue weighted by molar-refractivity contribution is -0.120. The molecule has 1 aliphatic heterocycles. The number of anilines is 1. The molecule has 1 amide bonds. The standard InChI is InChI=1S/C14H20N2O3S/c1-2-14(17)15-11-12-3-5-13(6-4-12)16-7-9-20(18,19)10-8-16/h3-6H,2,7-11H2,1H3,(H,15,17). The Balaban J connectivity index is 1.93. The second-order valence-corrected chi connectivity index (χ2v) is 7.24. The Morgan fingerprint density at radius 3 is 2.35 bits per heavy atom. The summed E-state index contributed by atoms with van der Waals surface area (Å²) < 4.78 is 22.8. The third-order valence-electron chi connectivity index (χ3n) is 3.46. The van der Waals surface area contributed by atoms with Crippen LogP contribution in [0, 0.1) is 0 Å². The predicted molar refractivity (Wildman–Crippen MR) is 79.4 cm³/mol. The van der Waals surface area contributed by atoms with Gasteiger partial charge in [0.15, 0.2) is 9.84 Å². The van der Waals surface area contributed by atoms with Gasteiger partial charge in [-0.15, -0.1) is 0 Å². The third kappa shape index (κ3) is 3.96. The molecule has 1 heterocycles. The molecule has 5 nitrogen and oxygen atoms in total. The van der Waals surface area contributed by atoms with Gasteiger partial charge in [0.25, 0.3) is 0 Å². The van der Waals surface area contributed by atoms with Gasteiger partial charge in [-0.05, 0) is 17.7 Å². The summed E-state index contributed by atoms with van der Waals surface area (Å²) in [5.74, 6) is 0.484. The summed E-state index contributed by atoms with van der Waals surface area (Å²) in [5.41, 5.74) is 2.07. The molecule has 1 N–H and O–H groups in total. The number of nitrogens with zero attached hydrogens (tertiary/aromatic N) is 1. The van der Waals surface area contributed by atoms with Gasteiger partial charge in [0.1, 0.15) is 0 Å². The summed E-state index contributed by atoms with van der Waals surface area (Å²) >= 11 is 0. The molecular weight excluding hydrogens is 276 g/mol. The van der Waals surface area contributed by atoms with Crippen molar-refractivity contribution >= 4 is 21.4 Å². The lowest BCUT2D eigenvalue weighted by Gasteiger charge is -2.28. The Hall–Kier alpha value is -1.56. The van der Waals surface area contributed by atoms with E-state index in [1.54, 1.807) is 0 Å². The Morgan fingerprint density at radius 1 is 1.20 bits per heavy atom. The minimum atomic E-state index is -2.84. The Kier molecular flexibility index (Phi) is 4.65. The first-order valence-corrected chi connectivity index (χ1v) is 8.63. The molecule has 0 aliphatic carbocycles. The summed E-state index contributed by atoms with van der Waals surface area (Å²) in [4.78, 5) is 13.3. The van der Waals surface area contributed by atoms with E-state index in [1.807, 2.05) is 31.2 Å². The molecule has 0 radical (unpaired) electrons. The zero-order valence-corrected chi connectivity index (χ0v) is 12.4. The number of rotatable bonds is 4. The third-order valence-corrected chi connectivity index (χ3v) is 5.07. The largest absolute Gasteiger partial charge is 0.369 e. The molecule has 0 aromatic heterocycles. The van der Waals surface area contributed by atoms with Crippen molar-refractivity contribution in [2.75, 3.05) is 29.5 Å². The van der Waals surface area contributed by atoms with E-state index in [2.05, 4.69) is 10.2 Å². The van der Waals surface area contributed by atoms with Crippen molar-refractivity contribution in [3.05, 3.63) is 29.8 Å². The van der Waals surface area contributed by atoms with Crippen LogP contribution in [-0.4, -0.2) is 38.9 Å². The zero-order chi connectivity index (χ0) is 14.6. The minimum absolute atomic E-state index is 0.0373. The maximum Gasteiger partial charge on any atom is 0.219 e. The smallest absolute Gasteiger partial charge is 0.219 e. The number of nitrogens with one attached hydrogen (secondary N) is 1. The number of sulfone groups is 1. The normalized spacial score (nSPS) is 17.8. The van der Waals surface area contributed by atoms with Gasteiger partial charge in [-0.2, -0.15) is 0 Å². The Morgan fingerprint density at radius 2 is 1.80 bits per heavy atom. The highest BCUT2D eigenvalue weighted by Gasteiger charge is 2.21. The van der Waals surface area contributed by atoms with Crippen LogP contribution in [0.4, 0.5) is 5.69 Å². The van der Waals surface area contributed by atoms with E-state index < -0.39 is 9.84 Å². The minimum Gasteiger partial charge on any atom is -0.369 e. The molecule has 1 aliphatic rings. The molecule has 2 rings (SSSR count). The first-order valence-electron chi connectivity index (χ1n) is 6.81. The highest BCUT2D eigenvalue weighted by atomic mass is 32.2. The predicted octanol–water partition coefficient (Wildman–Crippen LogP) is 0.948. The van der Waals surface area contributed by atoms with Crippen molar-refractivity contribution in [2.45, 2.75) is 19.9 Å². The van der Waals surface area contributed by atoms with Crippen LogP contribution in [0.5, 0.6) is 0 Å². The van der Waals surface area contributed by atoms with Crippen molar-refractivity contribution in [1.29, 1.82) is 0 Å². The summed E-state index contributed by atoms with van der Waals surface area (Å²) in [6, 6.07) is 7.89. The summed E-state index contributed by atoms with van der Waals surface area (Å²) in [5, 5.41) is 2.83. The molecule has 0 atom stereocenters. The van der Waals surface area contributed by atoms with Crippen LogP contribution in [0.1, 0.15) is 18.9 Å². The molecule has 6 heteroatoms. The fourth-order valence-corrected chi connectivity index (χ4v) is 3.32. The van der Waals surface area contributed by atoms with Crippen molar-refractivity contribution < 1.29 is 13.2 Å². The van der Waals surface area contributed by atoms with Gasteiger partial charge in [0.05, 0.1) is 11.5 Å². The molecular formula is C14H20N2O3S. The van der Waals surface area contributed by atoms with Gasteiger partial charge >= 0.3 is 0 Å². The monoisotopic (exact) mass is 296 g/mol. The summed E-state index contributed by atoms with van der Waals surface area (Å²) in [7, 11) is -2.84. The van der Waals surface area contributed by atoms with E-state index in [0.29, 0.717) is 26.1 Å². The van der Waals surface area contributed by atoms with E-state index >= 15 is 0 Å². The second-order valence-electron chi connectivity index (χ2n) is 4.94. The average Bonchev–Trinajstić information content (AvgIpc) is 2.45. The lowest BCUT2D eigenvalue weighted by Crippen LogP contribution is -2.40. The fourth-order valence-electron chi connectivity index (χ4n) is 2.12. The van der Waals surface area contributed by atoms with Crippen molar-refractivity contribution in [3.8, 4) is 0 Å². The SMILES string of the molecule is CCC(=O)NCc1ccc(N2CCS(=O)(=O)CC2)cc1. The second kappa shape index (κ2) is 6.26. The van der Waals surface area contributed by atoms with E-state index in [1.165, 1.54) is 0 Å². The van der Waals surface area contributed by atoms with Gasteiger partial charge in [-0.1, -0.05) is 19.1 Å². The Bertz CT molecular complexity index is 553. The van der Waals surface area contributed by atoms with Gasteiger partial charge < -0.3 is 10.2 Å². The molecule has 0 saturated carbocycles. The average molecular weight is 296 g/mol. The molecule has 0 bridgehead atoms. The molecule has 110 valence electrons. The number of carbonyl (C=O) groups is 1. The topological polar surface area (TPSA) is 66.5 Å². The Labute approximate surface area is 119 Å². The van der Waals surface area contributed by atoms with Gasteiger partial charge in [-0.25, -0.2) is 8.42 Å². The van der Waals surface area contributed by atoms with Crippen LogP contribution in [-0.2, 0) is 21.2 Å². The van der Waals surface area contributed by atoms with Gasteiger partial charge in [-0.3, -0.25) is 4.79 Å². The van der Waals surface area contributed by atoms with Crippen LogP contribution in [0.25, 0.3) is 0 Å². The molecule has 0 spiro atoms. The number of amides is 1. The number of benzene rings is 1. The van der Waals surface area contributed by atoms with Crippen LogP contribution in [0.2, 0.25) is 0 Å². The van der Waals surface area contributed by atoms with Gasteiger partial charge in [0, 0.05) is 31.7 Å². The molecule has 1 aromatic carbocycles. The first kappa shape index (κ1) is 14.8. The quantitative estimate of drug-likeness (QED) is 0.898. The first-order chi connectivity index (χ1) is 9.50. The molecule has 1 fully saturated rings. The van der Waals surface area contributed by atoms with Crippen molar-refractivity contribution in [3.63, 3.8) is 0 Å². The zero-order valence-electron chi connectivity index (χ0n) is 11.6. The fraction of sp³-hybridized carbons (Fsp3) is 0.500. The highest BCUT2D eigenvalue weighted by Crippen LogP contribution is 2.18. The van der Waals surface area contributed by atoms with Crippen molar-refractivity contribution in [2.24, 2.45) is 0 Å². The van der Waals surface area contributed by atoms with Crippen molar-refractivity contribution in [1.82, 2.24) is 5.32 Å². The molecule has 20 heavy (non-hydrogen) atoms. The maximum atomic E-state index is 11.4. The van der Waals surface area contributed by atoms with E-state index in [0.717, 1.165) is 11.3 Å². The van der Waals surface area contributed by atoms with E-state index in [4.69, 9.17) is 0 Å². The van der Waals surface area contributed by atoms with Crippen LogP contribution < -0.4 is 10.2 Å². The summed E-state index contributed by atoms with van der Waals surface area (Å²) in [6.07, 6.45) is 0.486.